The summed E-state index contributed by atoms with van der Waals surface area (Å²) in [6, 6.07) is 0.525. The van der Waals surface area contributed by atoms with Crippen molar-refractivity contribution in [2.75, 3.05) is 0 Å². The molecule has 3 aromatic rings. The molecule has 14 heteroatoms. The lowest BCUT2D eigenvalue weighted by molar-refractivity contribution is -0.144. The SMILES string of the molecule is O=C(CCC(F)(F)F)NC(c1cnn2cc([C@@H](NC(=O)c3conc3CC3CC3)C3CCC(F)(F)CC3)nc2c1)C1CC1. The van der Waals surface area contributed by atoms with Gasteiger partial charge >= 0.3 is 6.18 Å². The van der Waals surface area contributed by atoms with E-state index in [-0.39, 0.29) is 37.5 Å². The molecule has 0 saturated heterocycles. The van der Waals surface area contributed by atoms with Gasteiger partial charge in [0.25, 0.3) is 5.91 Å². The van der Waals surface area contributed by atoms with E-state index in [9.17, 15) is 31.5 Å². The number of fused-ring (bicyclic) bond motifs is 1. The first-order chi connectivity index (χ1) is 20.4. The second-order valence-electron chi connectivity index (χ2n) is 12.2. The number of nitrogens with one attached hydrogen (secondary N) is 2. The smallest absolute Gasteiger partial charge is 0.364 e. The lowest BCUT2D eigenvalue weighted by Crippen LogP contribution is -2.37. The highest BCUT2D eigenvalue weighted by Gasteiger charge is 2.40. The van der Waals surface area contributed by atoms with Crippen LogP contribution >= 0.6 is 0 Å². The number of hydrogen-bond acceptors (Lipinski definition) is 6. The topological polar surface area (TPSA) is 114 Å². The zero-order chi connectivity index (χ0) is 30.4. The van der Waals surface area contributed by atoms with Crippen molar-refractivity contribution in [3.05, 3.63) is 47.2 Å². The first-order valence-corrected chi connectivity index (χ1v) is 14.8. The molecule has 232 valence electrons. The van der Waals surface area contributed by atoms with E-state index in [0.29, 0.717) is 40.5 Å². The number of aromatic nitrogens is 4. The van der Waals surface area contributed by atoms with Crippen LogP contribution in [0.1, 0.15) is 104 Å². The Morgan fingerprint density at radius 3 is 2.44 bits per heavy atom. The zero-order valence-electron chi connectivity index (χ0n) is 23.4. The van der Waals surface area contributed by atoms with Crippen molar-refractivity contribution in [1.82, 2.24) is 30.4 Å². The standard InChI is InChI=1S/C29H33F5N6O3/c30-28(31)8-5-18(6-9-28)26(38-27(42)20-15-43-39-21(20)11-16-1-2-16)22-14-40-23(36-22)12-19(13-35-40)25(17-3-4-17)37-24(41)7-10-29(32,33)34/h12-18,25-26H,1-11H2,(H,37,41)(H,38,42)/t25?,26-/m0/s1. The molecule has 2 N–H and O–H groups in total. The molecule has 0 spiro atoms. The van der Waals surface area contributed by atoms with Gasteiger partial charge in [-0.05, 0) is 74.3 Å². The van der Waals surface area contributed by atoms with Gasteiger partial charge in [0.2, 0.25) is 11.8 Å². The molecule has 43 heavy (non-hydrogen) atoms. The van der Waals surface area contributed by atoms with Crippen molar-refractivity contribution >= 4 is 17.5 Å². The summed E-state index contributed by atoms with van der Waals surface area (Å²) < 4.78 is 72.5. The number of amides is 2. The van der Waals surface area contributed by atoms with Crippen LogP contribution in [0.5, 0.6) is 0 Å². The van der Waals surface area contributed by atoms with Crippen LogP contribution in [0.25, 0.3) is 5.65 Å². The van der Waals surface area contributed by atoms with Gasteiger partial charge in [-0.15, -0.1) is 0 Å². The predicted octanol–water partition coefficient (Wildman–Crippen LogP) is 5.88. The van der Waals surface area contributed by atoms with Crippen LogP contribution in [0.15, 0.2) is 29.2 Å². The Kier molecular flexibility index (Phi) is 7.88. The van der Waals surface area contributed by atoms with E-state index in [4.69, 9.17) is 9.51 Å². The number of imidazole rings is 1. The second-order valence-corrected chi connectivity index (χ2v) is 12.2. The number of rotatable bonds is 11. The van der Waals surface area contributed by atoms with Gasteiger partial charge in [0.1, 0.15) is 11.8 Å². The summed E-state index contributed by atoms with van der Waals surface area (Å²) in [5.74, 6) is -3.61. The van der Waals surface area contributed by atoms with Crippen molar-refractivity contribution in [3.8, 4) is 0 Å². The first-order valence-electron chi connectivity index (χ1n) is 14.8. The molecule has 0 aromatic carbocycles. The molecule has 3 aromatic heterocycles. The molecule has 1 unspecified atom stereocenters. The quantitative estimate of drug-likeness (QED) is 0.263. The molecular weight excluding hydrogens is 575 g/mol. The third-order valence-electron chi connectivity index (χ3n) is 8.67. The average Bonchev–Trinajstić information content (AvgIpc) is 3.87. The molecule has 3 aliphatic rings. The van der Waals surface area contributed by atoms with E-state index >= 15 is 0 Å². The van der Waals surface area contributed by atoms with E-state index < -0.39 is 48.8 Å². The number of carbonyl (C=O) groups is 2. The Morgan fingerprint density at radius 2 is 1.77 bits per heavy atom. The third kappa shape index (κ3) is 7.32. The van der Waals surface area contributed by atoms with Crippen LogP contribution in [0.3, 0.4) is 0 Å². The first kappa shape index (κ1) is 29.5. The molecule has 0 aliphatic heterocycles. The van der Waals surface area contributed by atoms with Crippen LogP contribution < -0.4 is 10.6 Å². The Bertz CT molecular complexity index is 1470. The summed E-state index contributed by atoms with van der Waals surface area (Å²) >= 11 is 0. The molecule has 0 bridgehead atoms. The Balaban J connectivity index is 1.24. The van der Waals surface area contributed by atoms with Gasteiger partial charge in [0, 0.05) is 19.3 Å². The molecule has 3 saturated carbocycles. The maximum Gasteiger partial charge on any atom is 0.389 e. The molecule has 9 nitrogen and oxygen atoms in total. The van der Waals surface area contributed by atoms with Gasteiger partial charge in [0.15, 0.2) is 5.65 Å². The molecule has 2 atom stereocenters. The highest BCUT2D eigenvalue weighted by molar-refractivity contribution is 5.95. The zero-order valence-corrected chi connectivity index (χ0v) is 23.4. The van der Waals surface area contributed by atoms with Gasteiger partial charge in [-0.25, -0.2) is 18.3 Å². The molecule has 0 radical (unpaired) electrons. The minimum absolute atomic E-state index is 0.0814. The highest BCUT2D eigenvalue weighted by Crippen LogP contribution is 2.43. The van der Waals surface area contributed by atoms with E-state index in [0.717, 1.165) is 25.7 Å². The summed E-state index contributed by atoms with van der Waals surface area (Å²) in [6.07, 6.45) is 2.42. The van der Waals surface area contributed by atoms with E-state index in [2.05, 4.69) is 20.9 Å². The molecule has 6 rings (SSSR count). The summed E-state index contributed by atoms with van der Waals surface area (Å²) in [7, 11) is 0. The lowest BCUT2D eigenvalue weighted by Gasteiger charge is -2.33. The number of halogens is 5. The molecular formula is C29H33F5N6O3. The van der Waals surface area contributed by atoms with Crippen molar-refractivity contribution in [2.45, 2.75) is 94.8 Å². The normalized spacial score (nSPS) is 20.6. The van der Waals surface area contributed by atoms with Crippen LogP contribution in [0.2, 0.25) is 0 Å². The number of nitrogens with zero attached hydrogens (tertiary/aromatic N) is 4. The fraction of sp³-hybridized carbons (Fsp3) is 0.621. The highest BCUT2D eigenvalue weighted by atomic mass is 19.4. The van der Waals surface area contributed by atoms with Crippen molar-refractivity contribution in [3.63, 3.8) is 0 Å². The van der Waals surface area contributed by atoms with Crippen molar-refractivity contribution in [1.29, 1.82) is 0 Å². The predicted molar refractivity (Wildman–Crippen MR) is 142 cm³/mol. The number of carbonyl (C=O) groups excluding carboxylic acids is 2. The monoisotopic (exact) mass is 608 g/mol. The average molecular weight is 609 g/mol. The maximum atomic E-state index is 14.0. The van der Waals surface area contributed by atoms with Crippen LogP contribution in [0.4, 0.5) is 22.0 Å². The van der Waals surface area contributed by atoms with Gasteiger partial charge in [-0.3, -0.25) is 9.59 Å². The largest absolute Gasteiger partial charge is 0.389 e. The molecule has 2 amide bonds. The van der Waals surface area contributed by atoms with E-state index in [1.165, 1.54) is 10.8 Å². The van der Waals surface area contributed by atoms with Gasteiger partial charge < -0.3 is 15.2 Å². The minimum Gasteiger partial charge on any atom is -0.364 e. The molecule has 3 aliphatic carbocycles. The van der Waals surface area contributed by atoms with Gasteiger partial charge in [-0.2, -0.15) is 18.3 Å². The Labute approximate surface area is 244 Å². The van der Waals surface area contributed by atoms with Crippen LogP contribution in [-0.2, 0) is 11.2 Å². The van der Waals surface area contributed by atoms with Gasteiger partial charge in [0.05, 0.1) is 42.3 Å². The van der Waals surface area contributed by atoms with Crippen LogP contribution in [-0.4, -0.2) is 43.7 Å². The minimum atomic E-state index is -4.42. The number of hydrogen-bond donors (Lipinski definition) is 2. The van der Waals surface area contributed by atoms with Crippen LogP contribution in [0, 0.1) is 17.8 Å². The maximum absolute atomic E-state index is 14.0. The summed E-state index contributed by atoms with van der Waals surface area (Å²) in [5, 5.41) is 14.2. The second kappa shape index (κ2) is 11.5. The third-order valence-corrected chi connectivity index (χ3v) is 8.67. The Hall–Kier alpha value is -3.58. The van der Waals surface area contributed by atoms with E-state index in [1.807, 2.05) is 0 Å². The van der Waals surface area contributed by atoms with E-state index in [1.54, 1.807) is 18.5 Å². The molecule has 3 fully saturated rings. The van der Waals surface area contributed by atoms with Gasteiger partial charge in [-0.1, -0.05) is 5.16 Å². The number of alkyl halides is 5. The molecule has 3 heterocycles. The Morgan fingerprint density at radius 1 is 1.05 bits per heavy atom. The fourth-order valence-corrected chi connectivity index (χ4v) is 5.87. The van der Waals surface area contributed by atoms with Crippen molar-refractivity contribution < 1.29 is 36.1 Å². The summed E-state index contributed by atoms with van der Waals surface area (Å²) in [6.45, 7) is 0. The summed E-state index contributed by atoms with van der Waals surface area (Å²) in [5.41, 5.74) is 2.35. The fourth-order valence-electron chi connectivity index (χ4n) is 5.87. The lowest BCUT2D eigenvalue weighted by atomic mass is 9.81. The summed E-state index contributed by atoms with van der Waals surface area (Å²) in [4.78, 5) is 30.4. The van der Waals surface area contributed by atoms with Crippen molar-refractivity contribution in [2.24, 2.45) is 17.8 Å².